The average Bonchev–Trinajstić information content (AvgIpc) is 3.88. The van der Waals surface area contributed by atoms with E-state index >= 15 is 0 Å². The van der Waals surface area contributed by atoms with Crippen LogP contribution in [0.5, 0.6) is 0 Å². The van der Waals surface area contributed by atoms with Crippen LogP contribution in [-0.4, -0.2) is 15.0 Å². The largest absolute Gasteiger partial charge is 0.455 e. The van der Waals surface area contributed by atoms with E-state index in [2.05, 4.69) is 103 Å². The summed E-state index contributed by atoms with van der Waals surface area (Å²) in [6, 6.07) is 45.2. The second-order valence-corrected chi connectivity index (χ2v) is 16.3. The molecule has 5 heteroatoms. The van der Waals surface area contributed by atoms with E-state index in [1.807, 2.05) is 24.3 Å². The van der Waals surface area contributed by atoms with Gasteiger partial charge in [-0.3, -0.25) is 0 Å². The van der Waals surface area contributed by atoms with Crippen molar-refractivity contribution in [2.45, 2.75) is 37.5 Å². The van der Waals surface area contributed by atoms with E-state index in [9.17, 15) is 0 Å². The van der Waals surface area contributed by atoms with E-state index in [1.54, 1.807) is 0 Å². The summed E-state index contributed by atoms with van der Waals surface area (Å²) in [5, 5.41) is 4.25. The van der Waals surface area contributed by atoms with Crippen molar-refractivity contribution < 1.29 is 8.83 Å². The summed E-state index contributed by atoms with van der Waals surface area (Å²) in [5.74, 6) is 4.95. The molecule has 5 aliphatic rings. The standard InChI is InChI=1S/C49H35N3O2/c1-4-18-39-35(12-1)43-36(15-9-19-40(43)49(39)29-23-27-22-28(25-29)26-30(49)24-27)46-50-47(37-16-7-13-33-31-10-2-5-20-41(31)53-44(33)37)52-48(51-46)38-17-8-14-34-32-11-3-6-21-42(32)54-45(34)38/h1-21,27-30H,22-26H2. The van der Waals surface area contributed by atoms with Gasteiger partial charge in [0.2, 0.25) is 0 Å². The summed E-state index contributed by atoms with van der Waals surface area (Å²) in [4.78, 5) is 16.1. The molecule has 1 spiro atoms. The molecule has 0 aliphatic heterocycles. The molecule has 14 rings (SSSR count). The van der Waals surface area contributed by atoms with Crippen molar-refractivity contribution in [2.75, 3.05) is 0 Å². The topological polar surface area (TPSA) is 65.0 Å². The third-order valence-corrected chi connectivity index (χ3v) is 13.7. The molecule has 0 amide bonds. The lowest BCUT2D eigenvalue weighted by molar-refractivity contribution is -0.0399. The Morgan fingerprint density at radius 2 is 0.852 bits per heavy atom. The van der Waals surface area contributed by atoms with Gasteiger partial charge in [0.1, 0.15) is 22.3 Å². The van der Waals surface area contributed by atoms with Gasteiger partial charge in [-0.15, -0.1) is 0 Å². The fraction of sp³-hybridized carbons (Fsp3) is 0.204. The molecule has 0 unspecified atom stereocenters. The summed E-state index contributed by atoms with van der Waals surface area (Å²) >= 11 is 0. The Morgan fingerprint density at radius 3 is 1.46 bits per heavy atom. The summed E-state index contributed by atoms with van der Waals surface area (Å²) in [6.45, 7) is 0. The number of rotatable bonds is 3. The van der Waals surface area contributed by atoms with Crippen molar-refractivity contribution in [1.29, 1.82) is 0 Å². The van der Waals surface area contributed by atoms with Gasteiger partial charge in [-0.2, -0.15) is 0 Å². The van der Waals surface area contributed by atoms with Crippen LogP contribution in [0.1, 0.15) is 43.2 Å². The molecular weight excluding hydrogens is 663 g/mol. The van der Waals surface area contributed by atoms with E-state index in [0.29, 0.717) is 29.3 Å². The minimum Gasteiger partial charge on any atom is -0.455 e. The average molecular weight is 698 g/mol. The molecule has 5 nitrogen and oxygen atoms in total. The lowest BCUT2D eigenvalue weighted by Gasteiger charge is -2.61. The van der Waals surface area contributed by atoms with Crippen molar-refractivity contribution in [2.24, 2.45) is 23.7 Å². The van der Waals surface area contributed by atoms with Gasteiger partial charge < -0.3 is 8.83 Å². The first-order valence-electron chi connectivity index (χ1n) is 19.5. The molecule has 0 atom stereocenters. The van der Waals surface area contributed by atoms with Gasteiger partial charge in [-0.05, 0) is 102 Å². The molecule has 5 aliphatic carbocycles. The van der Waals surface area contributed by atoms with Crippen LogP contribution in [0.2, 0.25) is 0 Å². The smallest absolute Gasteiger partial charge is 0.167 e. The van der Waals surface area contributed by atoms with Gasteiger partial charge in [0.05, 0.1) is 11.1 Å². The monoisotopic (exact) mass is 697 g/mol. The molecule has 9 aromatic rings. The quantitative estimate of drug-likeness (QED) is 0.184. The number of hydrogen-bond donors (Lipinski definition) is 0. The van der Waals surface area contributed by atoms with Crippen LogP contribution < -0.4 is 0 Å². The van der Waals surface area contributed by atoms with Crippen molar-refractivity contribution >= 4 is 43.9 Å². The minimum absolute atomic E-state index is 0.0494. The highest BCUT2D eigenvalue weighted by molar-refractivity contribution is 6.10. The first-order chi connectivity index (χ1) is 26.7. The first kappa shape index (κ1) is 29.4. The van der Waals surface area contributed by atoms with Crippen LogP contribution in [0.25, 0.3) is 89.2 Å². The molecule has 3 heterocycles. The molecule has 4 bridgehead atoms. The normalized spacial score (nSPS) is 23.6. The van der Waals surface area contributed by atoms with Crippen LogP contribution in [0.3, 0.4) is 0 Å². The number of aromatic nitrogens is 3. The maximum atomic E-state index is 6.57. The molecule has 0 radical (unpaired) electrons. The zero-order valence-electron chi connectivity index (χ0n) is 29.6. The molecule has 3 aromatic heterocycles. The molecule has 258 valence electrons. The second kappa shape index (κ2) is 10.5. The Kier molecular flexibility index (Phi) is 5.74. The predicted octanol–water partition coefficient (Wildman–Crippen LogP) is 12.4. The number of furan rings is 2. The number of fused-ring (bicyclic) bond motifs is 9. The van der Waals surface area contributed by atoms with Gasteiger partial charge in [0.15, 0.2) is 17.5 Å². The lowest BCUT2D eigenvalue weighted by Crippen LogP contribution is -2.55. The summed E-state index contributed by atoms with van der Waals surface area (Å²) in [6.07, 6.45) is 6.80. The number of para-hydroxylation sites is 4. The zero-order valence-corrected chi connectivity index (χ0v) is 29.6. The number of benzene rings is 6. The molecule has 0 saturated heterocycles. The maximum absolute atomic E-state index is 6.57. The van der Waals surface area contributed by atoms with Crippen LogP contribution in [-0.2, 0) is 5.41 Å². The van der Waals surface area contributed by atoms with E-state index in [0.717, 1.165) is 72.4 Å². The third-order valence-electron chi connectivity index (χ3n) is 13.7. The lowest BCUT2D eigenvalue weighted by atomic mass is 9.43. The van der Waals surface area contributed by atoms with E-state index in [1.165, 1.54) is 54.4 Å². The maximum Gasteiger partial charge on any atom is 0.167 e. The van der Waals surface area contributed by atoms with Crippen LogP contribution >= 0.6 is 0 Å². The molecule has 54 heavy (non-hydrogen) atoms. The van der Waals surface area contributed by atoms with Gasteiger partial charge in [-0.1, -0.05) is 103 Å². The van der Waals surface area contributed by atoms with E-state index in [-0.39, 0.29) is 5.41 Å². The van der Waals surface area contributed by atoms with Crippen LogP contribution in [0.15, 0.2) is 136 Å². The molecule has 4 fully saturated rings. The zero-order chi connectivity index (χ0) is 35.1. The molecule has 4 saturated carbocycles. The fourth-order valence-electron chi connectivity index (χ4n) is 12.0. The molecule has 0 N–H and O–H groups in total. The van der Waals surface area contributed by atoms with Crippen molar-refractivity contribution in [1.82, 2.24) is 15.0 Å². The van der Waals surface area contributed by atoms with Gasteiger partial charge >= 0.3 is 0 Å². The van der Waals surface area contributed by atoms with Crippen molar-refractivity contribution in [3.63, 3.8) is 0 Å². The number of nitrogens with zero attached hydrogens (tertiary/aromatic N) is 3. The highest BCUT2D eigenvalue weighted by atomic mass is 16.3. The van der Waals surface area contributed by atoms with Gasteiger partial charge in [-0.25, -0.2) is 15.0 Å². The van der Waals surface area contributed by atoms with Crippen molar-refractivity contribution in [3.8, 4) is 45.3 Å². The van der Waals surface area contributed by atoms with Crippen LogP contribution in [0.4, 0.5) is 0 Å². The SMILES string of the molecule is c1ccc2c(c1)-c1c(-c3nc(-c4cccc5c4oc4ccccc45)nc(-c4cccc5c4oc4ccccc45)n3)cccc1C21C2CC3CC(C2)CC1C3. The van der Waals surface area contributed by atoms with Crippen molar-refractivity contribution in [3.05, 3.63) is 139 Å². The third kappa shape index (κ3) is 3.76. The first-order valence-corrected chi connectivity index (χ1v) is 19.5. The Hall–Kier alpha value is -6.07. The molecule has 6 aromatic carbocycles. The fourth-order valence-corrected chi connectivity index (χ4v) is 12.0. The van der Waals surface area contributed by atoms with Crippen LogP contribution in [0, 0.1) is 23.7 Å². The second-order valence-electron chi connectivity index (χ2n) is 16.3. The Labute approximate surface area is 311 Å². The highest BCUT2D eigenvalue weighted by Gasteiger charge is 2.61. The highest BCUT2D eigenvalue weighted by Crippen LogP contribution is 2.70. The Balaban J connectivity index is 1.09. The van der Waals surface area contributed by atoms with E-state index < -0.39 is 0 Å². The summed E-state index contributed by atoms with van der Waals surface area (Å²) < 4.78 is 13.1. The Morgan fingerprint density at radius 1 is 0.407 bits per heavy atom. The van der Waals surface area contributed by atoms with Gasteiger partial charge in [0.25, 0.3) is 0 Å². The van der Waals surface area contributed by atoms with Gasteiger partial charge in [0, 0.05) is 32.5 Å². The summed E-state index contributed by atoms with van der Waals surface area (Å²) in [5.41, 5.74) is 11.7. The van der Waals surface area contributed by atoms with E-state index in [4.69, 9.17) is 23.8 Å². The number of hydrogen-bond acceptors (Lipinski definition) is 5. The Bertz CT molecular complexity index is 2880. The molecular formula is C49H35N3O2. The summed E-state index contributed by atoms with van der Waals surface area (Å²) in [7, 11) is 0. The predicted molar refractivity (Wildman–Crippen MR) is 214 cm³/mol. The minimum atomic E-state index is 0.0494.